The average molecular weight is 266 g/mol. The summed E-state index contributed by atoms with van der Waals surface area (Å²) in [5.74, 6) is -0.583. The molecule has 0 radical (unpaired) electrons. The number of carbonyl (C=O) groups excluding carboxylic acids is 1. The van der Waals surface area contributed by atoms with Crippen LogP contribution < -0.4 is 5.73 Å². The quantitative estimate of drug-likeness (QED) is 0.886. The Morgan fingerprint density at radius 1 is 1.50 bits per heavy atom. The van der Waals surface area contributed by atoms with Crippen molar-refractivity contribution in [2.24, 2.45) is 5.73 Å². The molecule has 0 saturated carbocycles. The van der Waals surface area contributed by atoms with Gasteiger partial charge < -0.3 is 10.8 Å². The van der Waals surface area contributed by atoms with Crippen LogP contribution in [0.2, 0.25) is 5.02 Å². The van der Waals surface area contributed by atoms with Gasteiger partial charge in [0, 0.05) is 11.2 Å². The first kappa shape index (κ1) is 12.6. The molecule has 0 aliphatic heterocycles. The van der Waals surface area contributed by atoms with Crippen molar-refractivity contribution < 1.29 is 9.90 Å². The molecule has 1 amide bonds. The van der Waals surface area contributed by atoms with Crippen LogP contribution in [0.15, 0.2) is 30.5 Å². The summed E-state index contributed by atoms with van der Waals surface area (Å²) in [5, 5.41) is 13.9. The first-order valence-corrected chi connectivity index (χ1v) is 5.70. The van der Waals surface area contributed by atoms with Gasteiger partial charge in [-0.1, -0.05) is 17.7 Å². The van der Waals surface area contributed by atoms with Crippen LogP contribution in [0.4, 0.5) is 0 Å². The maximum absolute atomic E-state index is 10.9. The van der Waals surface area contributed by atoms with E-state index in [1.54, 1.807) is 31.3 Å². The molecule has 1 unspecified atom stereocenters. The maximum atomic E-state index is 10.9. The number of hydrogen-bond acceptors (Lipinski definition) is 3. The van der Waals surface area contributed by atoms with Crippen molar-refractivity contribution in [2.45, 2.75) is 13.0 Å². The molecule has 2 rings (SSSR count). The van der Waals surface area contributed by atoms with E-state index in [9.17, 15) is 9.90 Å². The molecule has 5 nitrogen and oxygen atoms in total. The van der Waals surface area contributed by atoms with Crippen LogP contribution in [0.5, 0.6) is 0 Å². The second kappa shape index (κ2) is 4.80. The number of hydrogen-bond donors (Lipinski definition) is 2. The molecule has 0 saturated heterocycles. The summed E-state index contributed by atoms with van der Waals surface area (Å²) in [6.07, 6.45) is 0.985. The van der Waals surface area contributed by atoms with Crippen molar-refractivity contribution in [3.8, 4) is 5.69 Å². The standard InChI is InChI=1S/C12H12ClN3O2/c1-7(17)9-3-2-8(6-10(9)13)16-5-4-11(15-16)12(14)18/h2-7,17H,1H3,(H2,14,18). The van der Waals surface area contributed by atoms with Gasteiger partial charge in [0.15, 0.2) is 0 Å². The first-order chi connectivity index (χ1) is 8.49. The van der Waals surface area contributed by atoms with E-state index in [4.69, 9.17) is 17.3 Å². The number of aromatic nitrogens is 2. The fraction of sp³-hybridized carbons (Fsp3) is 0.167. The first-order valence-electron chi connectivity index (χ1n) is 5.32. The number of nitrogens with two attached hydrogens (primary N) is 1. The SMILES string of the molecule is CC(O)c1ccc(-n2ccc(C(N)=O)n2)cc1Cl. The van der Waals surface area contributed by atoms with E-state index in [0.29, 0.717) is 16.3 Å². The van der Waals surface area contributed by atoms with Crippen LogP contribution in [-0.4, -0.2) is 20.8 Å². The van der Waals surface area contributed by atoms with Gasteiger partial charge in [0.2, 0.25) is 0 Å². The third kappa shape index (κ3) is 2.37. The summed E-state index contributed by atoms with van der Waals surface area (Å²) < 4.78 is 1.50. The van der Waals surface area contributed by atoms with Gasteiger partial charge in [0.25, 0.3) is 5.91 Å². The van der Waals surface area contributed by atoms with Crippen molar-refractivity contribution in [1.82, 2.24) is 9.78 Å². The van der Waals surface area contributed by atoms with Gasteiger partial charge in [-0.2, -0.15) is 5.10 Å². The van der Waals surface area contributed by atoms with E-state index in [1.807, 2.05) is 0 Å². The van der Waals surface area contributed by atoms with Gasteiger partial charge in [0.1, 0.15) is 5.69 Å². The number of aliphatic hydroxyl groups excluding tert-OH is 1. The van der Waals surface area contributed by atoms with Crippen molar-refractivity contribution in [3.63, 3.8) is 0 Å². The van der Waals surface area contributed by atoms with Crippen LogP contribution >= 0.6 is 11.6 Å². The molecule has 1 aromatic carbocycles. The highest BCUT2D eigenvalue weighted by Crippen LogP contribution is 2.25. The van der Waals surface area contributed by atoms with Gasteiger partial charge >= 0.3 is 0 Å². The second-order valence-electron chi connectivity index (χ2n) is 3.89. The summed E-state index contributed by atoms with van der Waals surface area (Å²) in [6.45, 7) is 1.64. The normalized spacial score (nSPS) is 12.4. The van der Waals surface area contributed by atoms with E-state index in [2.05, 4.69) is 5.10 Å². The fourth-order valence-electron chi connectivity index (χ4n) is 1.60. The van der Waals surface area contributed by atoms with Crippen molar-refractivity contribution >= 4 is 17.5 Å². The lowest BCUT2D eigenvalue weighted by Crippen LogP contribution is -2.12. The van der Waals surface area contributed by atoms with Crippen LogP contribution in [0.1, 0.15) is 29.1 Å². The molecule has 0 fully saturated rings. The zero-order valence-electron chi connectivity index (χ0n) is 9.67. The highest BCUT2D eigenvalue weighted by molar-refractivity contribution is 6.31. The number of rotatable bonds is 3. The molecule has 2 aromatic rings. The van der Waals surface area contributed by atoms with Gasteiger partial charge in [-0.3, -0.25) is 4.79 Å². The predicted octanol–water partition coefficient (Wildman–Crippen LogP) is 1.68. The van der Waals surface area contributed by atoms with Crippen molar-refractivity contribution in [3.05, 3.63) is 46.7 Å². The lowest BCUT2D eigenvalue weighted by molar-refractivity contribution is 0.0995. The minimum atomic E-state index is -0.634. The number of primary amides is 1. The molecule has 0 bridgehead atoms. The largest absolute Gasteiger partial charge is 0.389 e. The minimum Gasteiger partial charge on any atom is -0.389 e. The molecule has 0 aliphatic carbocycles. The van der Waals surface area contributed by atoms with E-state index in [1.165, 1.54) is 10.7 Å². The number of carbonyl (C=O) groups is 1. The third-order valence-electron chi connectivity index (χ3n) is 2.54. The van der Waals surface area contributed by atoms with Gasteiger partial charge in [-0.15, -0.1) is 0 Å². The number of halogens is 1. The number of benzene rings is 1. The smallest absolute Gasteiger partial charge is 0.269 e. The monoisotopic (exact) mass is 265 g/mol. The molecule has 1 aromatic heterocycles. The summed E-state index contributed by atoms with van der Waals surface area (Å²) in [7, 11) is 0. The molecular formula is C12H12ClN3O2. The van der Waals surface area contributed by atoms with Gasteiger partial charge in [-0.05, 0) is 30.7 Å². The number of nitrogens with zero attached hydrogens (tertiary/aromatic N) is 2. The molecule has 6 heteroatoms. The van der Waals surface area contributed by atoms with Gasteiger partial charge in [-0.25, -0.2) is 4.68 Å². The Bertz CT molecular complexity index is 593. The highest BCUT2D eigenvalue weighted by Gasteiger charge is 2.10. The molecular weight excluding hydrogens is 254 g/mol. The zero-order chi connectivity index (χ0) is 13.3. The molecule has 0 spiro atoms. The molecule has 1 atom stereocenters. The van der Waals surface area contributed by atoms with Crippen LogP contribution in [0, 0.1) is 0 Å². The number of aliphatic hydroxyl groups is 1. The van der Waals surface area contributed by atoms with E-state index < -0.39 is 12.0 Å². The summed E-state index contributed by atoms with van der Waals surface area (Å²) in [5.41, 5.74) is 6.64. The molecule has 18 heavy (non-hydrogen) atoms. The average Bonchev–Trinajstić information content (AvgIpc) is 2.77. The lowest BCUT2D eigenvalue weighted by Gasteiger charge is -2.09. The Balaban J connectivity index is 2.39. The Morgan fingerprint density at radius 2 is 2.22 bits per heavy atom. The summed E-state index contributed by atoms with van der Waals surface area (Å²) in [6, 6.07) is 6.67. The topological polar surface area (TPSA) is 81.1 Å². The predicted molar refractivity (Wildman–Crippen MR) is 67.7 cm³/mol. The van der Waals surface area contributed by atoms with Gasteiger partial charge in [0.05, 0.1) is 11.8 Å². The van der Waals surface area contributed by atoms with Crippen molar-refractivity contribution in [2.75, 3.05) is 0 Å². The second-order valence-corrected chi connectivity index (χ2v) is 4.30. The minimum absolute atomic E-state index is 0.186. The molecule has 0 aliphatic rings. The Labute approximate surface area is 109 Å². The van der Waals surface area contributed by atoms with E-state index in [0.717, 1.165) is 0 Å². The van der Waals surface area contributed by atoms with Crippen LogP contribution in [0.3, 0.4) is 0 Å². The zero-order valence-corrected chi connectivity index (χ0v) is 10.4. The number of amides is 1. The Morgan fingerprint density at radius 3 is 2.72 bits per heavy atom. The fourth-order valence-corrected chi connectivity index (χ4v) is 1.93. The molecule has 3 N–H and O–H groups in total. The maximum Gasteiger partial charge on any atom is 0.269 e. The Hall–Kier alpha value is -1.85. The van der Waals surface area contributed by atoms with Crippen LogP contribution in [0.25, 0.3) is 5.69 Å². The van der Waals surface area contributed by atoms with Crippen LogP contribution in [-0.2, 0) is 0 Å². The Kier molecular flexibility index (Phi) is 3.36. The highest BCUT2D eigenvalue weighted by atomic mass is 35.5. The lowest BCUT2D eigenvalue weighted by atomic mass is 10.1. The van der Waals surface area contributed by atoms with Crippen molar-refractivity contribution in [1.29, 1.82) is 0 Å². The molecule has 94 valence electrons. The summed E-state index contributed by atoms with van der Waals surface area (Å²) >= 11 is 6.05. The molecule has 1 heterocycles. The van der Waals surface area contributed by atoms with E-state index in [-0.39, 0.29) is 5.69 Å². The van der Waals surface area contributed by atoms with E-state index >= 15 is 0 Å². The summed E-state index contributed by atoms with van der Waals surface area (Å²) in [4.78, 5) is 10.9. The third-order valence-corrected chi connectivity index (χ3v) is 2.87.